The van der Waals surface area contributed by atoms with Gasteiger partial charge in [-0.25, -0.2) is 14.7 Å². The number of anilines is 2. The van der Waals surface area contributed by atoms with Crippen LogP contribution in [0.2, 0.25) is 0 Å². The number of ether oxygens (including phenoxy) is 1. The molecule has 1 fully saturated rings. The standard InChI is InChI=1S/C29H37N5O4S.2H2/c1-19(2)12-13-38-23-9-6-8-21(14-23)22-15-24(27(31-17-22)34-18-20(3)16-29(34,4)5)28(35)33-39(36,37)26-11-7-10-25(30)32-26;;/h6-11,14-15,17,19-20H,12-13,16,18H2,1-5H3,(H2,30,32)(H,33,35);2*1H. The Morgan fingerprint density at radius 2 is 1.95 bits per heavy atom. The normalized spacial score (nSPS) is 16.9. The van der Waals surface area contributed by atoms with Gasteiger partial charge >= 0.3 is 0 Å². The molecule has 212 valence electrons. The van der Waals surface area contributed by atoms with Gasteiger partial charge in [0.05, 0.1) is 12.2 Å². The molecule has 9 nitrogen and oxygen atoms in total. The van der Waals surface area contributed by atoms with Crippen molar-refractivity contribution in [1.82, 2.24) is 14.7 Å². The van der Waals surface area contributed by atoms with E-state index in [1.165, 1.54) is 18.2 Å². The first-order valence-corrected chi connectivity index (χ1v) is 14.6. The molecule has 3 heterocycles. The van der Waals surface area contributed by atoms with Gasteiger partial charge in [-0.3, -0.25) is 4.79 Å². The van der Waals surface area contributed by atoms with E-state index in [-0.39, 0.29) is 24.8 Å². The molecule has 0 aliphatic carbocycles. The Hall–Kier alpha value is -3.66. The van der Waals surface area contributed by atoms with Crippen LogP contribution in [0, 0.1) is 11.8 Å². The Morgan fingerprint density at radius 3 is 2.62 bits per heavy atom. The van der Waals surface area contributed by atoms with Crippen LogP contribution in [0.1, 0.15) is 60.7 Å². The molecule has 0 spiro atoms. The maximum absolute atomic E-state index is 13.6. The smallest absolute Gasteiger partial charge is 0.281 e. The molecule has 1 aromatic carbocycles. The number of rotatable bonds is 9. The summed E-state index contributed by atoms with van der Waals surface area (Å²) >= 11 is 0. The Morgan fingerprint density at radius 1 is 1.21 bits per heavy atom. The van der Waals surface area contributed by atoms with Gasteiger partial charge in [0.15, 0.2) is 5.03 Å². The van der Waals surface area contributed by atoms with Crippen molar-refractivity contribution in [2.24, 2.45) is 11.8 Å². The van der Waals surface area contributed by atoms with Crippen molar-refractivity contribution in [3.63, 3.8) is 0 Å². The van der Waals surface area contributed by atoms with Crippen LogP contribution in [0.4, 0.5) is 11.6 Å². The maximum atomic E-state index is 13.6. The molecule has 1 aliphatic rings. The summed E-state index contributed by atoms with van der Waals surface area (Å²) in [5, 5.41) is -0.331. The van der Waals surface area contributed by atoms with Crippen molar-refractivity contribution in [2.75, 3.05) is 23.8 Å². The average Bonchev–Trinajstić information content (AvgIpc) is 3.14. The number of pyridine rings is 2. The van der Waals surface area contributed by atoms with Crippen molar-refractivity contribution < 1.29 is 20.8 Å². The molecule has 1 amide bonds. The second-order valence-electron chi connectivity index (χ2n) is 11.2. The number of nitrogen functional groups attached to an aromatic ring is 1. The molecular formula is C29H41N5O4S. The SMILES string of the molecule is CC(C)CCOc1cccc(-c2cnc(N3CC(C)CC3(C)C)c(C(=O)NS(=O)(=O)c3cccc(N)n3)c2)c1.[HH].[HH]. The van der Waals surface area contributed by atoms with Crippen LogP contribution in [0.3, 0.4) is 0 Å². The van der Waals surface area contributed by atoms with Gasteiger partial charge in [-0.05, 0) is 74.4 Å². The lowest BCUT2D eigenvalue weighted by atomic mass is 9.97. The predicted octanol–water partition coefficient (Wildman–Crippen LogP) is 5.39. The quantitative estimate of drug-likeness (QED) is 0.360. The van der Waals surface area contributed by atoms with E-state index < -0.39 is 15.9 Å². The van der Waals surface area contributed by atoms with Crippen LogP contribution in [0.5, 0.6) is 5.75 Å². The second kappa shape index (κ2) is 11.2. The summed E-state index contributed by atoms with van der Waals surface area (Å²) < 4.78 is 34.1. The number of nitrogens with one attached hydrogen (secondary N) is 1. The van der Waals surface area contributed by atoms with Crippen LogP contribution < -0.4 is 20.1 Å². The minimum absolute atomic E-state index is 0. The highest BCUT2D eigenvalue weighted by atomic mass is 32.2. The van der Waals surface area contributed by atoms with Crippen LogP contribution in [0.25, 0.3) is 11.1 Å². The minimum Gasteiger partial charge on any atom is -0.494 e. The number of nitrogens with two attached hydrogens (primary N) is 1. The molecule has 1 atom stereocenters. The number of hydrogen-bond donors (Lipinski definition) is 2. The Kier molecular flexibility index (Phi) is 8.15. The number of aromatic nitrogens is 2. The molecule has 3 N–H and O–H groups in total. The number of sulfonamides is 1. The summed E-state index contributed by atoms with van der Waals surface area (Å²) in [4.78, 5) is 24.3. The lowest BCUT2D eigenvalue weighted by Crippen LogP contribution is -2.41. The highest BCUT2D eigenvalue weighted by molar-refractivity contribution is 7.90. The van der Waals surface area contributed by atoms with Crippen LogP contribution >= 0.6 is 0 Å². The monoisotopic (exact) mass is 555 g/mol. The topological polar surface area (TPSA) is 128 Å². The van der Waals surface area contributed by atoms with E-state index in [0.717, 1.165) is 18.4 Å². The number of benzene rings is 1. The molecule has 10 heteroatoms. The van der Waals surface area contributed by atoms with Gasteiger partial charge in [-0.1, -0.05) is 39.0 Å². The Labute approximate surface area is 233 Å². The fraction of sp³-hybridized carbons (Fsp3) is 0.414. The second-order valence-corrected chi connectivity index (χ2v) is 12.9. The number of carbonyl (C=O) groups excluding carboxylic acids is 1. The van der Waals surface area contributed by atoms with Gasteiger partial charge in [-0.2, -0.15) is 8.42 Å². The largest absolute Gasteiger partial charge is 0.494 e. The van der Waals surface area contributed by atoms with Crippen molar-refractivity contribution >= 4 is 27.6 Å². The zero-order chi connectivity index (χ0) is 28.4. The molecule has 1 aliphatic heterocycles. The first-order valence-electron chi connectivity index (χ1n) is 13.2. The summed E-state index contributed by atoms with van der Waals surface area (Å²) in [7, 11) is -4.27. The van der Waals surface area contributed by atoms with Crippen molar-refractivity contribution in [2.45, 2.75) is 58.0 Å². The zero-order valence-electron chi connectivity index (χ0n) is 23.1. The highest BCUT2D eigenvalue weighted by Gasteiger charge is 2.39. The van der Waals surface area contributed by atoms with Crippen LogP contribution in [0.15, 0.2) is 59.8 Å². The summed E-state index contributed by atoms with van der Waals surface area (Å²) in [5.74, 6) is 1.32. The van der Waals surface area contributed by atoms with Crippen LogP contribution in [-0.2, 0) is 10.0 Å². The van der Waals surface area contributed by atoms with Crippen molar-refractivity contribution in [3.8, 4) is 16.9 Å². The molecular weight excluding hydrogens is 514 g/mol. The first kappa shape index (κ1) is 28.4. The molecule has 2 aromatic heterocycles. The molecule has 1 saturated heterocycles. The van der Waals surface area contributed by atoms with E-state index in [9.17, 15) is 13.2 Å². The van der Waals surface area contributed by atoms with E-state index in [2.05, 4.69) is 49.2 Å². The van der Waals surface area contributed by atoms with Gasteiger partial charge < -0.3 is 15.4 Å². The summed E-state index contributed by atoms with van der Waals surface area (Å²) in [5.41, 5.74) is 7.05. The third-order valence-electron chi connectivity index (χ3n) is 6.82. The maximum Gasteiger partial charge on any atom is 0.281 e. The fourth-order valence-corrected chi connectivity index (χ4v) is 5.89. The van der Waals surface area contributed by atoms with E-state index >= 15 is 0 Å². The van der Waals surface area contributed by atoms with Gasteiger partial charge in [0, 0.05) is 26.7 Å². The molecule has 1 unspecified atom stereocenters. The predicted molar refractivity (Wildman–Crippen MR) is 157 cm³/mol. The highest BCUT2D eigenvalue weighted by Crippen LogP contribution is 2.38. The number of amides is 1. The van der Waals surface area contributed by atoms with Gasteiger partial charge in [0.25, 0.3) is 15.9 Å². The van der Waals surface area contributed by atoms with Crippen molar-refractivity contribution in [3.05, 3.63) is 60.3 Å². The van der Waals surface area contributed by atoms with Crippen molar-refractivity contribution in [1.29, 1.82) is 0 Å². The van der Waals surface area contributed by atoms with Crippen LogP contribution in [-0.4, -0.2) is 43.0 Å². The average molecular weight is 556 g/mol. The molecule has 0 saturated carbocycles. The minimum atomic E-state index is -4.27. The summed E-state index contributed by atoms with van der Waals surface area (Å²) in [6.07, 6.45) is 3.57. The number of nitrogens with zero attached hydrogens (tertiary/aromatic N) is 3. The molecule has 0 bridgehead atoms. The molecule has 0 radical (unpaired) electrons. The Balaban J connectivity index is 0.00000294. The van der Waals surface area contributed by atoms with Gasteiger partial charge in [-0.15, -0.1) is 0 Å². The number of carbonyl (C=O) groups is 1. The third kappa shape index (κ3) is 6.68. The Bertz CT molecular complexity index is 1470. The number of hydrogen-bond acceptors (Lipinski definition) is 8. The van der Waals surface area contributed by atoms with E-state index in [0.29, 0.717) is 42.1 Å². The lowest BCUT2D eigenvalue weighted by Gasteiger charge is -2.33. The third-order valence-corrected chi connectivity index (χ3v) is 8.05. The van der Waals surface area contributed by atoms with Gasteiger partial charge in [0.2, 0.25) is 0 Å². The summed E-state index contributed by atoms with van der Waals surface area (Å²) in [6.45, 7) is 11.9. The van der Waals surface area contributed by atoms with Gasteiger partial charge in [0.1, 0.15) is 17.4 Å². The fourth-order valence-electron chi connectivity index (χ4n) is 4.94. The van der Waals surface area contributed by atoms with E-state index in [1.807, 2.05) is 24.3 Å². The molecule has 3 aromatic rings. The summed E-state index contributed by atoms with van der Waals surface area (Å²) in [6, 6.07) is 13.5. The zero-order valence-corrected chi connectivity index (χ0v) is 24.0. The molecule has 39 heavy (non-hydrogen) atoms. The molecule has 4 rings (SSSR count). The van der Waals surface area contributed by atoms with E-state index in [4.69, 9.17) is 15.5 Å². The lowest BCUT2D eigenvalue weighted by molar-refractivity contribution is 0.0981. The first-order chi connectivity index (χ1) is 18.4. The van der Waals surface area contributed by atoms with E-state index in [1.54, 1.807) is 12.3 Å².